The van der Waals surface area contributed by atoms with Crippen molar-refractivity contribution in [3.8, 4) is 17.6 Å². The van der Waals surface area contributed by atoms with Gasteiger partial charge >= 0.3 is 0 Å². The molecule has 0 radical (unpaired) electrons. The number of hydrogen-bond donors (Lipinski definition) is 1. The van der Waals surface area contributed by atoms with Crippen molar-refractivity contribution < 1.29 is 9.53 Å². The third-order valence-corrected chi connectivity index (χ3v) is 5.62. The van der Waals surface area contributed by atoms with Gasteiger partial charge in [0.05, 0.1) is 19.1 Å². The van der Waals surface area contributed by atoms with Gasteiger partial charge in [0.2, 0.25) is 5.91 Å². The van der Waals surface area contributed by atoms with Crippen molar-refractivity contribution in [2.24, 2.45) is 0 Å². The molecule has 24 heavy (non-hydrogen) atoms. The average Bonchev–Trinajstić information content (AvgIpc) is 3.30. The normalized spacial score (nSPS) is 15.4. The minimum absolute atomic E-state index is 0.117. The molecule has 0 saturated heterocycles. The van der Waals surface area contributed by atoms with E-state index in [2.05, 4.69) is 23.2 Å². The molecule has 1 aliphatic rings. The smallest absolute Gasteiger partial charge is 0.232 e. The van der Waals surface area contributed by atoms with E-state index in [4.69, 9.17) is 4.74 Å². The predicted molar refractivity (Wildman–Crippen MR) is 97.3 cm³/mol. The first-order valence-electron chi connectivity index (χ1n) is 8.20. The van der Waals surface area contributed by atoms with E-state index >= 15 is 0 Å². The molecule has 0 unspecified atom stereocenters. The molecular weight excluding hydrogens is 318 g/mol. The van der Waals surface area contributed by atoms with Crippen LogP contribution in [0.5, 0.6) is 5.75 Å². The summed E-state index contributed by atoms with van der Waals surface area (Å²) in [5.41, 5.74) is 0.578. The number of hydrogen-bond acceptors (Lipinski definition) is 3. The fraction of sp³-hybridized carbons (Fsp3) is 0.350. The van der Waals surface area contributed by atoms with Crippen LogP contribution in [0.15, 0.2) is 41.8 Å². The van der Waals surface area contributed by atoms with Gasteiger partial charge in [-0.3, -0.25) is 4.79 Å². The van der Waals surface area contributed by atoms with E-state index < -0.39 is 0 Å². The highest BCUT2D eigenvalue weighted by Gasteiger charge is 2.43. The molecule has 1 aliphatic carbocycles. The van der Waals surface area contributed by atoms with Crippen molar-refractivity contribution >= 4 is 17.2 Å². The molecule has 124 valence electrons. The molecule has 1 N–H and O–H groups in total. The molecule has 2 aromatic rings. The maximum Gasteiger partial charge on any atom is 0.232 e. The van der Waals surface area contributed by atoms with Crippen LogP contribution in [0, 0.1) is 11.8 Å². The van der Waals surface area contributed by atoms with Crippen LogP contribution in [0.4, 0.5) is 0 Å². The number of carbonyl (C=O) groups excluding carboxylic acids is 1. The molecule has 4 heteroatoms. The lowest BCUT2D eigenvalue weighted by atomic mass is 9.83. The third-order valence-electron chi connectivity index (χ3n) is 4.54. The molecular formula is C20H21NO2S. The molecule has 1 saturated carbocycles. The van der Waals surface area contributed by atoms with Crippen molar-refractivity contribution in [2.75, 3.05) is 13.7 Å². The van der Waals surface area contributed by atoms with Crippen molar-refractivity contribution in [2.45, 2.75) is 31.1 Å². The highest BCUT2D eigenvalue weighted by molar-refractivity contribution is 7.10. The van der Waals surface area contributed by atoms with Crippen molar-refractivity contribution in [3.05, 3.63) is 52.2 Å². The number of amides is 1. The molecule has 3 nitrogen and oxygen atoms in total. The number of ether oxygens (including phenoxy) is 1. The predicted octanol–water partition coefficient (Wildman–Crippen LogP) is 3.74. The zero-order chi connectivity index (χ0) is 16.8. The van der Waals surface area contributed by atoms with E-state index in [0.29, 0.717) is 6.54 Å². The van der Waals surface area contributed by atoms with Gasteiger partial charge in [0.15, 0.2) is 0 Å². The second-order valence-electron chi connectivity index (χ2n) is 5.98. The SMILES string of the molecule is COc1ccc(C#CCNC(=O)C2(c3cccs3)CCCC2)cc1. The summed E-state index contributed by atoms with van der Waals surface area (Å²) in [5.74, 6) is 7.04. The summed E-state index contributed by atoms with van der Waals surface area (Å²) >= 11 is 1.68. The first-order chi connectivity index (χ1) is 11.7. The van der Waals surface area contributed by atoms with E-state index in [0.717, 1.165) is 37.0 Å². The number of methoxy groups -OCH3 is 1. The van der Waals surface area contributed by atoms with Gasteiger partial charge in [0, 0.05) is 10.4 Å². The number of nitrogens with one attached hydrogen (secondary N) is 1. The van der Waals surface area contributed by atoms with Gasteiger partial charge in [-0.2, -0.15) is 0 Å². The highest BCUT2D eigenvalue weighted by Crippen LogP contribution is 2.43. The maximum absolute atomic E-state index is 12.8. The quantitative estimate of drug-likeness (QED) is 0.862. The fourth-order valence-corrected chi connectivity index (χ4v) is 4.21. The fourth-order valence-electron chi connectivity index (χ4n) is 3.23. The lowest BCUT2D eigenvalue weighted by Gasteiger charge is -2.26. The number of thiophene rings is 1. The molecule has 1 aromatic carbocycles. The van der Waals surface area contributed by atoms with E-state index in [1.54, 1.807) is 18.4 Å². The maximum atomic E-state index is 12.8. The minimum atomic E-state index is -0.337. The van der Waals surface area contributed by atoms with Crippen LogP contribution in [0.3, 0.4) is 0 Å². The van der Waals surface area contributed by atoms with Gasteiger partial charge in [-0.25, -0.2) is 0 Å². The summed E-state index contributed by atoms with van der Waals surface area (Å²) in [5, 5.41) is 5.06. The zero-order valence-electron chi connectivity index (χ0n) is 13.8. The van der Waals surface area contributed by atoms with Crippen LogP contribution in [-0.2, 0) is 10.2 Å². The van der Waals surface area contributed by atoms with Crippen LogP contribution < -0.4 is 10.1 Å². The van der Waals surface area contributed by atoms with Crippen molar-refractivity contribution in [3.63, 3.8) is 0 Å². The molecule has 0 bridgehead atoms. The molecule has 0 atom stereocenters. The van der Waals surface area contributed by atoms with Gasteiger partial charge in [-0.15, -0.1) is 11.3 Å². The monoisotopic (exact) mass is 339 g/mol. The number of carbonyl (C=O) groups is 1. The number of benzene rings is 1. The molecule has 3 rings (SSSR count). The Kier molecular flexibility index (Phi) is 5.22. The van der Waals surface area contributed by atoms with E-state index in [-0.39, 0.29) is 11.3 Å². The average molecular weight is 339 g/mol. The van der Waals surface area contributed by atoms with Crippen molar-refractivity contribution in [1.29, 1.82) is 0 Å². The largest absolute Gasteiger partial charge is 0.497 e. The Labute approximate surface area is 147 Å². The Morgan fingerprint density at radius 3 is 2.62 bits per heavy atom. The Balaban J connectivity index is 1.62. The van der Waals surface area contributed by atoms with Crippen LogP contribution in [-0.4, -0.2) is 19.6 Å². The van der Waals surface area contributed by atoms with Crippen LogP contribution in [0.25, 0.3) is 0 Å². The summed E-state index contributed by atoms with van der Waals surface area (Å²) in [4.78, 5) is 14.0. The zero-order valence-corrected chi connectivity index (χ0v) is 14.6. The van der Waals surface area contributed by atoms with Gasteiger partial charge < -0.3 is 10.1 Å². The lowest BCUT2D eigenvalue weighted by Crippen LogP contribution is -2.42. The molecule has 1 amide bonds. The second-order valence-corrected chi connectivity index (χ2v) is 6.93. The van der Waals surface area contributed by atoms with Crippen LogP contribution in [0.1, 0.15) is 36.1 Å². The Morgan fingerprint density at radius 2 is 2.00 bits per heavy atom. The summed E-state index contributed by atoms with van der Waals surface area (Å²) in [6.45, 7) is 0.373. The summed E-state index contributed by atoms with van der Waals surface area (Å²) in [6, 6.07) is 11.7. The molecule has 1 fully saturated rings. The molecule has 1 heterocycles. The van der Waals surface area contributed by atoms with Gasteiger partial charge in [0.25, 0.3) is 0 Å². The minimum Gasteiger partial charge on any atom is -0.497 e. The lowest BCUT2D eigenvalue weighted by molar-refractivity contribution is -0.126. The summed E-state index contributed by atoms with van der Waals surface area (Å²) in [6.07, 6.45) is 4.10. The van der Waals surface area contributed by atoms with E-state index in [9.17, 15) is 4.79 Å². The summed E-state index contributed by atoms with van der Waals surface area (Å²) in [7, 11) is 1.64. The van der Waals surface area contributed by atoms with E-state index in [1.165, 1.54) is 4.88 Å². The molecule has 0 spiro atoms. The number of rotatable bonds is 4. The molecule has 0 aliphatic heterocycles. The van der Waals surface area contributed by atoms with Gasteiger partial charge in [-0.1, -0.05) is 30.7 Å². The standard InChI is InChI=1S/C20H21NO2S/c1-23-17-10-8-16(9-11-17)6-4-14-21-19(22)20(12-2-3-13-20)18-7-5-15-24-18/h5,7-11,15H,2-3,12-14H2,1H3,(H,21,22). The van der Waals surface area contributed by atoms with Gasteiger partial charge in [-0.05, 0) is 48.6 Å². The highest BCUT2D eigenvalue weighted by atomic mass is 32.1. The summed E-state index contributed by atoms with van der Waals surface area (Å²) < 4.78 is 5.13. The van der Waals surface area contributed by atoms with Crippen LogP contribution in [0.2, 0.25) is 0 Å². The first kappa shape index (κ1) is 16.6. The Hall–Kier alpha value is -2.25. The first-order valence-corrected chi connectivity index (χ1v) is 9.08. The third kappa shape index (κ3) is 3.47. The van der Waals surface area contributed by atoms with Gasteiger partial charge in [0.1, 0.15) is 5.75 Å². The molecule has 1 aromatic heterocycles. The van der Waals surface area contributed by atoms with Crippen molar-refractivity contribution in [1.82, 2.24) is 5.32 Å². The second kappa shape index (κ2) is 7.55. The topological polar surface area (TPSA) is 38.3 Å². The Morgan fingerprint density at radius 1 is 1.25 bits per heavy atom. The van der Waals surface area contributed by atoms with E-state index in [1.807, 2.05) is 35.7 Å². The van der Waals surface area contributed by atoms with Crippen LogP contribution >= 0.6 is 11.3 Å². The Bertz CT molecular complexity index is 732.